The lowest BCUT2D eigenvalue weighted by Gasteiger charge is -2.19. The van der Waals surface area contributed by atoms with Gasteiger partial charge in [-0.3, -0.25) is 0 Å². The molecule has 0 bridgehead atoms. The zero-order chi connectivity index (χ0) is 6.53. The molecule has 1 unspecified atom stereocenters. The van der Waals surface area contributed by atoms with Gasteiger partial charge in [-0.2, -0.15) is 0 Å². The molecule has 1 aliphatic rings. The fourth-order valence-electron chi connectivity index (χ4n) is 0.769. The van der Waals surface area contributed by atoms with Crippen molar-refractivity contribution in [2.75, 3.05) is 19.7 Å². The first kappa shape index (κ1) is 6.49. The molecule has 0 spiro atoms. The molecule has 0 saturated carbocycles. The molecule has 0 radical (unpaired) electrons. The van der Waals surface area contributed by atoms with Gasteiger partial charge in [0.05, 0.1) is 12.7 Å². The Labute approximate surface area is 53.7 Å². The van der Waals surface area contributed by atoms with Crippen LogP contribution in [0.3, 0.4) is 0 Å². The van der Waals surface area contributed by atoms with Crippen molar-refractivity contribution in [3.8, 4) is 0 Å². The van der Waals surface area contributed by atoms with E-state index >= 15 is 0 Å². The summed E-state index contributed by atoms with van der Waals surface area (Å²) in [6, 6.07) is 0. The van der Waals surface area contributed by atoms with Crippen LogP contribution in [0.4, 0.5) is 0 Å². The van der Waals surface area contributed by atoms with Gasteiger partial charge in [0.1, 0.15) is 5.94 Å². The van der Waals surface area contributed by atoms with E-state index in [0.29, 0.717) is 6.61 Å². The number of rotatable bonds is 1. The van der Waals surface area contributed by atoms with Crippen LogP contribution >= 0.6 is 0 Å². The summed E-state index contributed by atoms with van der Waals surface area (Å²) in [5, 5.41) is 3.08. The van der Waals surface area contributed by atoms with Crippen molar-refractivity contribution in [2.24, 2.45) is 0 Å². The maximum atomic E-state index is 9.78. The highest BCUT2D eigenvalue weighted by molar-refractivity contribution is 5.46. The van der Waals surface area contributed by atoms with Crippen molar-refractivity contribution in [1.29, 1.82) is 0 Å². The second-order valence-electron chi connectivity index (χ2n) is 1.90. The summed E-state index contributed by atoms with van der Waals surface area (Å²) >= 11 is 0. The minimum Gasteiger partial charge on any atom is -0.371 e. The third-order valence-electron chi connectivity index (χ3n) is 1.21. The molecule has 1 aliphatic heterocycles. The number of ether oxygens (including phenoxy) is 1. The summed E-state index contributed by atoms with van der Waals surface area (Å²) in [5.41, 5.74) is 0. The first-order valence-corrected chi connectivity index (χ1v) is 2.97. The molecule has 1 fully saturated rings. The Morgan fingerprint density at radius 3 is 3.22 bits per heavy atom. The third-order valence-corrected chi connectivity index (χ3v) is 1.21. The second kappa shape index (κ2) is 3.41. The standard InChI is InChI=1S/C6H9NO2/c8-3-1-6-5-7-2-4-9-6/h1,6-7H,2,4-5H2. The second-order valence-corrected chi connectivity index (χ2v) is 1.90. The predicted octanol–water partition coefficient (Wildman–Crippen LogP) is -0.637. The van der Waals surface area contributed by atoms with Gasteiger partial charge in [0.2, 0.25) is 0 Å². The Hall–Kier alpha value is -0.630. The number of hydrogen-bond donors (Lipinski definition) is 1. The van der Waals surface area contributed by atoms with E-state index in [0.717, 1.165) is 13.1 Å². The molecule has 9 heavy (non-hydrogen) atoms. The molecular formula is C6H9NO2. The van der Waals surface area contributed by atoms with Gasteiger partial charge in [0.15, 0.2) is 0 Å². The van der Waals surface area contributed by atoms with Gasteiger partial charge in [-0.1, -0.05) is 0 Å². The average Bonchev–Trinajstić information content (AvgIpc) is 1.91. The minimum absolute atomic E-state index is 0.0590. The zero-order valence-corrected chi connectivity index (χ0v) is 5.09. The Balaban J connectivity index is 2.31. The van der Waals surface area contributed by atoms with E-state index in [2.05, 4.69) is 5.32 Å². The summed E-state index contributed by atoms with van der Waals surface area (Å²) in [5.74, 6) is 1.70. The van der Waals surface area contributed by atoms with Crippen molar-refractivity contribution >= 4 is 5.94 Å². The van der Waals surface area contributed by atoms with E-state index in [1.165, 1.54) is 6.08 Å². The fraction of sp³-hybridized carbons (Fsp3) is 0.667. The van der Waals surface area contributed by atoms with Crippen LogP contribution in [0.2, 0.25) is 0 Å². The molecule has 0 amide bonds. The van der Waals surface area contributed by atoms with Gasteiger partial charge < -0.3 is 10.1 Å². The molecule has 3 heteroatoms. The van der Waals surface area contributed by atoms with E-state index in [1.807, 2.05) is 0 Å². The summed E-state index contributed by atoms with van der Waals surface area (Å²) in [4.78, 5) is 9.78. The molecule has 50 valence electrons. The number of morpholine rings is 1. The zero-order valence-electron chi connectivity index (χ0n) is 5.09. The molecule has 0 aromatic heterocycles. The van der Waals surface area contributed by atoms with Crippen molar-refractivity contribution in [2.45, 2.75) is 6.10 Å². The fourth-order valence-corrected chi connectivity index (χ4v) is 0.769. The Kier molecular flexibility index (Phi) is 2.46. The SMILES string of the molecule is O=C=CC1CNCCO1. The summed E-state index contributed by atoms with van der Waals surface area (Å²) < 4.78 is 5.14. The van der Waals surface area contributed by atoms with E-state index in [9.17, 15) is 4.79 Å². The summed E-state index contributed by atoms with van der Waals surface area (Å²) in [6.45, 7) is 2.29. The van der Waals surface area contributed by atoms with Crippen molar-refractivity contribution < 1.29 is 9.53 Å². The van der Waals surface area contributed by atoms with E-state index in [-0.39, 0.29) is 6.10 Å². The van der Waals surface area contributed by atoms with Crippen LogP contribution in [0.1, 0.15) is 0 Å². The number of carbonyl (C=O) groups excluding carboxylic acids is 1. The third kappa shape index (κ3) is 1.98. The van der Waals surface area contributed by atoms with Crippen molar-refractivity contribution in [1.82, 2.24) is 5.32 Å². The van der Waals surface area contributed by atoms with Crippen molar-refractivity contribution in [3.05, 3.63) is 6.08 Å². The molecule has 1 saturated heterocycles. The highest BCUT2D eigenvalue weighted by Crippen LogP contribution is 1.94. The lowest BCUT2D eigenvalue weighted by Crippen LogP contribution is -2.37. The van der Waals surface area contributed by atoms with Gasteiger partial charge in [0, 0.05) is 19.2 Å². The van der Waals surface area contributed by atoms with Crippen LogP contribution in [0.25, 0.3) is 0 Å². The van der Waals surface area contributed by atoms with Crippen molar-refractivity contribution in [3.63, 3.8) is 0 Å². The van der Waals surface area contributed by atoms with Gasteiger partial charge in [-0.25, -0.2) is 4.79 Å². The molecule has 0 aromatic carbocycles. The van der Waals surface area contributed by atoms with Crippen LogP contribution in [-0.4, -0.2) is 31.7 Å². The lowest BCUT2D eigenvalue weighted by molar-refractivity contribution is 0.0598. The van der Waals surface area contributed by atoms with Gasteiger partial charge in [-0.15, -0.1) is 0 Å². The summed E-state index contributed by atoms with van der Waals surface area (Å²) in [6.07, 6.45) is 1.34. The Bertz CT molecular complexity index is 123. The first-order chi connectivity index (χ1) is 4.43. The lowest BCUT2D eigenvalue weighted by atomic mass is 10.3. The highest BCUT2D eigenvalue weighted by Gasteiger charge is 2.08. The molecule has 1 rings (SSSR count). The number of nitrogens with one attached hydrogen (secondary N) is 1. The smallest absolute Gasteiger partial charge is 0.122 e. The predicted molar refractivity (Wildman–Crippen MR) is 32.9 cm³/mol. The van der Waals surface area contributed by atoms with E-state index in [4.69, 9.17) is 4.74 Å². The topological polar surface area (TPSA) is 38.3 Å². The molecule has 1 heterocycles. The highest BCUT2D eigenvalue weighted by atomic mass is 16.5. The van der Waals surface area contributed by atoms with Crippen LogP contribution < -0.4 is 5.32 Å². The average molecular weight is 127 g/mol. The summed E-state index contributed by atoms with van der Waals surface area (Å²) in [7, 11) is 0. The van der Waals surface area contributed by atoms with Crippen LogP contribution in [-0.2, 0) is 9.53 Å². The minimum atomic E-state index is -0.0590. The van der Waals surface area contributed by atoms with Gasteiger partial charge in [0.25, 0.3) is 0 Å². The molecule has 1 N–H and O–H groups in total. The molecule has 0 aliphatic carbocycles. The van der Waals surface area contributed by atoms with Crippen LogP contribution in [0.15, 0.2) is 6.08 Å². The quantitative estimate of drug-likeness (QED) is 0.476. The normalized spacial score (nSPS) is 26.9. The maximum Gasteiger partial charge on any atom is 0.122 e. The van der Waals surface area contributed by atoms with E-state index < -0.39 is 0 Å². The largest absolute Gasteiger partial charge is 0.371 e. The maximum absolute atomic E-state index is 9.78. The number of hydrogen-bond acceptors (Lipinski definition) is 3. The van der Waals surface area contributed by atoms with Crippen LogP contribution in [0.5, 0.6) is 0 Å². The Morgan fingerprint density at radius 2 is 2.67 bits per heavy atom. The molecule has 0 aromatic rings. The van der Waals surface area contributed by atoms with Gasteiger partial charge in [-0.05, 0) is 0 Å². The van der Waals surface area contributed by atoms with E-state index in [1.54, 1.807) is 5.94 Å². The first-order valence-electron chi connectivity index (χ1n) is 2.97. The van der Waals surface area contributed by atoms with Gasteiger partial charge >= 0.3 is 0 Å². The van der Waals surface area contributed by atoms with Crippen LogP contribution in [0, 0.1) is 0 Å². The Morgan fingerprint density at radius 1 is 1.78 bits per heavy atom. The monoisotopic (exact) mass is 127 g/mol. The molecule has 1 atom stereocenters. The molecular weight excluding hydrogens is 118 g/mol. The molecule has 3 nitrogen and oxygen atoms in total.